The van der Waals surface area contributed by atoms with Crippen LogP contribution >= 0.6 is 0 Å². The molecule has 0 amide bonds. The Morgan fingerprint density at radius 1 is 0.286 bits per heavy atom. The standard InChI is InChI=1S/C46H86F8O2/c1-5-9-11-13-15-17-19-21-23-25-27-29-31-33-37-41(35-7-3)55-39-43(47,48)45(51,52)46(53,54)44(49,50)40-56-42(36-8-4)38-34-32-30-28-26-24-22-20-18-16-14-12-10-6-2/h41-42H,5-40H2,1-4H3. The van der Waals surface area contributed by atoms with Gasteiger partial charge in [0.25, 0.3) is 0 Å². The van der Waals surface area contributed by atoms with Crippen molar-refractivity contribution in [3.63, 3.8) is 0 Å². The van der Waals surface area contributed by atoms with Crippen molar-refractivity contribution in [3.8, 4) is 0 Å². The minimum atomic E-state index is -6.35. The van der Waals surface area contributed by atoms with E-state index in [0.717, 1.165) is 51.4 Å². The summed E-state index contributed by atoms with van der Waals surface area (Å²) in [6, 6.07) is 0. The number of rotatable bonds is 43. The fraction of sp³-hybridized carbons (Fsp3) is 1.00. The normalized spacial score (nSPS) is 14.1. The summed E-state index contributed by atoms with van der Waals surface area (Å²) in [5.41, 5.74) is 0. The zero-order chi connectivity index (χ0) is 42.0. The molecule has 0 aliphatic carbocycles. The topological polar surface area (TPSA) is 18.5 Å². The highest BCUT2D eigenvalue weighted by atomic mass is 19.4. The fourth-order valence-electron chi connectivity index (χ4n) is 7.48. The zero-order valence-corrected chi connectivity index (χ0v) is 36.5. The average molecular weight is 823 g/mol. The van der Waals surface area contributed by atoms with Gasteiger partial charge in [-0.3, -0.25) is 0 Å². The van der Waals surface area contributed by atoms with Crippen molar-refractivity contribution in [2.45, 2.75) is 282 Å². The van der Waals surface area contributed by atoms with Gasteiger partial charge in [0.05, 0.1) is 12.2 Å². The number of alkyl halides is 8. The highest BCUT2D eigenvalue weighted by Crippen LogP contribution is 2.53. The molecule has 56 heavy (non-hydrogen) atoms. The number of hydrogen-bond donors (Lipinski definition) is 0. The minimum absolute atomic E-state index is 0.276. The molecular weight excluding hydrogens is 736 g/mol. The highest BCUT2D eigenvalue weighted by Gasteiger charge is 2.80. The molecule has 10 heteroatoms. The van der Waals surface area contributed by atoms with Crippen molar-refractivity contribution in [1.29, 1.82) is 0 Å². The van der Waals surface area contributed by atoms with Gasteiger partial charge in [0.1, 0.15) is 13.2 Å². The van der Waals surface area contributed by atoms with Crippen LogP contribution in [0.5, 0.6) is 0 Å². The van der Waals surface area contributed by atoms with E-state index in [4.69, 9.17) is 9.47 Å². The molecule has 0 spiro atoms. The largest absolute Gasteiger partial charge is 0.380 e. The van der Waals surface area contributed by atoms with E-state index in [1.165, 1.54) is 116 Å². The summed E-state index contributed by atoms with van der Waals surface area (Å²) in [6.45, 7) is 3.85. The molecule has 0 heterocycles. The molecule has 0 N–H and O–H groups in total. The molecule has 0 bridgehead atoms. The summed E-state index contributed by atoms with van der Waals surface area (Å²) >= 11 is 0. The zero-order valence-electron chi connectivity index (χ0n) is 36.5. The molecule has 0 radical (unpaired) electrons. The van der Waals surface area contributed by atoms with Crippen LogP contribution in [0.25, 0.3) is 0 Å². The van der Waals surface area contributed by atoms with E-state index < -0.39 is 49.1 Å². The van der Waals surface area contributed by atoms with Gasteiger partial charge in [-0.05, 0) is 25.7 Å². The summed E-state index contributed by atoms with van der Waals surface area (Å²) in [6.07, 6.45) is 32.4. The second-order valence-corrected chi connectivity index (χ2v) is 16.8. The molecule has 0 aromatic rings. The lowest BCUT2D eigenvalue weighted by molar-refractivity contribution is -0.379. The molecule has 0 fully saturated rings. The van der Waals surface area contributed by atoms with Crippen LogP contribution in [0, 0.1) is 0 Å². The second kappa shape index (κ2) is 34.1. The third kappa shape index (κ3) is 25.1. The first kappa shape index (κ1) is 55.4. The highest BCUT2D eigenvalue weighted by molar-refractivity contribution is 5.04. The van der Waals surface area contributed by atoms with E-state index in [1.807, 2.05) is 0 Å². The first-order valence-corrected chi connectivity index (χ1v) is 23.5. The molecule has 0 saturated carbocycles. The van der Waals surface area contributed by atoms with Gasteiger partial charge < -0.3 is 9.47 Å². The van der Waals surface area contributed by atoms with E-state index in [9.17, 15) is 35.1 Å². The lowest BCUT2D eigenvalue weighted by Gasteiger charge is -2.37. The van der Waals surface area contributed by atoms with Crippen LogP contribution in [0.2, 0.25) is 0 Å². The summed E-state index contributed by atoms with van der Waals surface area (Å²) in [7, 11) is 0. The molecule has 0 aromatic carbocycles. The molecule has 0 aromatic heterocycles. The van der Waals surface area contributed by atoms with Crippen LogP contribution in [0.3, 0.4) is 0 Å². The Kier molecular flexibility index (Phi) is 33.7. The Labute approximate surface area is 339 Å². The van der Waals surface area contributed by atoms with Crippen LogP contribution in [0.1, 0.15) is 246 Å². The van der Waals surface area contributed by atoms with Gasteiger partial charge >= 0.3 is 23.7 Å². The first-order chi connectivity index (χ1) is 26.7. The SMILES string of the molecule is CCCCCCCCCCCCCCCCC(CCC)OCC(F)(F)C(F)(F)C(F)(F)C(F)(F)COC(CCC)CCCCCCCCCCCCCCCC. The molecule has 2 atom stereocenters. The van der Waals surface area contributed by atoms with Crippen molar-refractivity contribution >= 4 is 0 Å². The predicted molar refractivity (Wildman–Crippen MR) is 219 cm³/mol. The maximum Gasteiger partial charge on any atom is 0.380 e. The lowest BCUT2D eigenvalue weighted by Crippen LogP contribution is -2.64. The van der Waals surface area contributed by atoms with Crippen molar-refractivity contribution in [2.24, 2.45) is 0 Å². The van der Waals surface area contributed by atoms with Crippen molar-refractivity contribution in [2.75, 3.05) is 13.2 Å². The van der Waals surface area contributed by atoms with Gasteiger partial charge in [0, 0.05) is 0 Å². The fourth-order valence-corrected chi connectivity index (χ4v) is 7.48. The molecule has 0 saturated heterocycles. The maximum atomic E-state index is 14.8. The Morgan fingerprint density at radius 3 is 0.714 bits per heavy atom. The Balaban J connectivity index is 4.61. The van der Waals surface area contributed by atoms with Crippen molar-refractivity contribution < 1.29 is 44.6 Å². The average Bonchev–Trinajstić information content (AvgIpc) is 3.15. The van der Waals surface area contributed by atoms with Crippen molar-refractivity contribution in [3.05, 3.63) is 0 Å². The van der Waals surface area contributed by atoms with Gasteiger partial charge in [-0.2, -0.15) is 35.1 Å². The van der Waals surface area contributed by atoms with Gasteiger partial charge in [0.2, 0.25) is 0 Å². The third-order valence-electron chi connectivity index (χ3n) is 11.3. The van der Waals surface area contributed by atoms with Crippen LogP contribution < -0.4 is 0 Å². The van der Waals surface area contributed by atoms with Gasteiger partial charge in [-0.1, -0.05) is 220 Å². The summed E-state index contributed by atoms with van der Waals surface area (Å²) in [5.74, 6) is -23.7. The first-order valence-electron chi connectivity index (χ1n) is 23.5. The van der Waals surface area contributed by atoms with Crippen molar-refractivity contribution in [1.82, 2.24) is 0 Å². The molecule has 0 rings (SSSR count). The van der Waals surface area contributed by atoms with Gasteiger partial charge in [0.15, 0.2) is 0 Å². The van der Waals surface area contributed by atoms with Crippen LogP contribution in [0.15, 0.2) is 0 Å². The number of ether oxygens (including phenoxy) is 2. The summed E-state index contributed by atoms with van der Waals surface area (Å²) in [4.78, 5) is 0. The molecule has 338 valence electrons. The van der Waals surface area contributed by atoms with Crippen LogP contribution in [-0.4, -0.2) is 49.1 Å². The third-order valence-corrected chi connectivity index (χ3v) is 11.3. The van der Waals surface area contributed by atoms with E-state index in [-0.39, 0.29) is 12.8 Å². The minimum Gasteiger partial charge on any atom is -0.372 e. The second-order valence-electron chi connectivity index (χ2n) is 16.8. The molecule has 2 unspecified atom stereocenters. The van der Waals surface area contributed by atoms with Crippen LogP contribution in [0.4, 0.5) is 35.1 Å². The number of unbranched alkanes of at least 4 members (excludes halogenated alkanes) is 26. The molecular formula is C46H86F8O2. The monoisotopic (exact) mass is 823 g/mol. The molecule has 2 nitrogen and oxygen atoms in total. The molecule has 0 aliphatic heterocycles. The van der Waals surface area contributed by atoms with E-state index in [1.54, 1.807) is 13.8 Å². The van der Waals surface area contributed by atoms with E-state index >= 15 is 0 Å². The van der Waals surface area contributed by atoms with Crippen LogP contribution in [-0.2, 0) is 9.47 Å². The van der Waals surface area contributed by atoms with Gasteiger partial charge in [-0.25, -0.2) is 0 Å². The summed E-state index contributed by atoms with van der Waals surface area (Å²) < 4.78 is 128. The molecule has 0 aliphatic rings. The maximum absolute atomic E-state index is 14.8. The summed E-state index contributed by atoms with van der Waals surface area (Å²) in [5, 5.41) is 0. The Hall–Kier alpha value is -0.640. The quantitative estimate of drug-likeness (QED) is 0.0451. The van der Waals surface area contributed by atoms with E-state index in [2.05, 4.69) is 13.8 Å². The Bertz CT molecular complexity index is 789. The number of hydrogen-bond acceptors (Lipinski definition) is 2. The van der Waals surface area contributed by atoms with E-state index in [0.29, 0.717) is 38.5 Å². The smallest absolute Gasteiger partial charge is 0.372 e. The van der Waals surface area contributed by atoms with Gasteiger partial charge in [-0.15, -0.1) is 0 Å². The number of halogens is 8. The predicted octanol–water partition coefficient (Wildman–Crippen LogP) is 17.6. The lowest BCUT2D eigenvalue weighted by atomic mass is 9.98. The Morgan fingerprint density at radius 2 is 0.500 bits per heavy atom.